The molecular formula is C24H20F3N5O2S. The number of nitrogens with one attached hydrogen (secondary N) is 2. The van der Waals surface area contributed by atoms with E-state index in [1.807, 2.05) is 44.2 Å². The molecule has 0 atom stereocenters. The minimum atomic E-state index is -4.74. The van der Waals surface area contributed by atoms with Gasteiger partial charge >= 0.3 is 12.4 Å². The lowest BCUT2D eigenvalue weighted by molar-refractivity contribution is -0.274. The molecule has 3 aromatic carbocycles. The lowest BCUT2D eigenvalue weighted by Crippen LogP contribution is -2.23. The van der Waals surface area contributed by atoms with E-state index in [0.29, 0.717) is 11.2 Å². The molecule has 0 fully saturated rings. The Kier molecular flexibility index (Phi) is 6.97. The van der Waals surface area contributed by atoms with E-state index < -0.39 is 6.36 Å². The zero-order valence-corrected chi connectivity index (χ0v) is 19.4. The maximum atomic E-state index is 12.3. The average molecular weight is 500 g/mol. The van der Waals surface area contributed by atoms with Crippen LogP contribution in [0.4, 0.5) is 23.7 Å². The molecule has 2 amide bonds. The number of fused-ring (bicyclic) bond motifs is 1. The number of para-hydroxylation sites is 1. The van der Waals surface area contributed by atoms with Crippen molar-refractivity contribution in [1.29, 1.82) is 0 Å². The number of carbonyl (C=O) groups is 1. The monoisotopic (exact) mass is 499 g/mol. The Labute approximate surface area is 203 Å². The van der Waals surface area contributed by atoms with Crippen molar-refractivity contribution in [3.8, 4) is 11.4 Å². The number of halogens is 3. The van der Waals surface area contributed by atoms with Crippen molar-refractivity contribution in [2.24, 2.45) is 4.40 Å². The molecule has 180 valence electrons. The van der Waals surface area contributed by atoms with Gasteiger partial charge in [0.05, 0.1) is 23.3 Å². The molecule has 35 heavy (non-hydrogen) atoms. The van der Waals surface area contributed by atoms with Gasteiger partial charge in [0, 0.05) is 23.5 Å². The highest BCUT2D eigenvalue weighted by Gasteiger charge is 2.31. The van der Waals surface area contributed by atoms with Crippen LogP contribution in [0.2, 0.25) is 0 Å². The van der Waals surface area contributed by atoms with Gasteiger partial charge in [0.15, 0.2) is 0 Å². The van der Waals surface area contributed by atoms with Gasteiger partial charge in [-0.2, -0.15) is 5.10 Å². The molecule has 1 aromatic heterocycles. The first kappa shape index (κ1) is 24.1. The number of hydrogen-bond acceptors (Lipinski definition) is 5. The van der Waals surface area contributed by atoms with Crippen LogP contribution in [0.5, 0.6) is 5.75 Å². The topological polar surface area (TPSA) is 80.5 Å². The van der Waals surface area contributed by atoms with Crippen LogP contribution in [-0.4, -0.2) is 28.4 Å². The first-order valence-electron chi connectivity index (χ1n) is 10.4. The first-order valence-corrected chi connectivity index (χ1v) is 11.1. The summed E-state index contributed by atoms with van der Waals surface area (Å²) in [5, 5.41) is 8.07. The third-order valence-corrected chi connectivity index (χ3v) is 5.46. The normalized spacial score (nSPS) is 11.7. The second kappa shape index (κ2) is 10.1. The molecular weight excluding hydrogens is 479 g/mol. The molecule has 0 spiro atoms. The van der Waals surface area contributed by atoms with Crippen molar-refractivity contribution < 1.29 is 22.7 Å². The molecule has 0 aliphatic carbocycles. The van der Waals surface area contributed by atoms with E-state index in [-0.39, 0.29) is 11.8 Å². The van der Waals surface area contributed by atoms with Gasteiger partial charge in [0.1, 0.15) is 5.75 Å². The molecule has 0 aliphatic rings. The smallest absolute Gasteiger partial charge is 0.406 e. The standard InChI is InChI=1S/C24H20F3N5O2S/c1-15-4-3-5-16(2)22(15)29-23(33)31-35-28-13-17-6-11-21-18(12-17)14-32(30-21)19-7-9-20(10-8-19)34-24(25,26)27/h3-14H,1-2H3,(H2,29,31,33). The van der Waals surface area contributed by atoms with Crippen LogP contribution < -0.4 is 14.8 Å². The molecule has 11 heteroatoms. The van der Waals surface area contributed by atoms with Crippen molar-refractivity contribution in [3.63, 3.8) is 0 Å². The number of amides is 2. The molecule has 4 rings (SSSR count). The Bertz CT molecular complexity index is 1360. The molecule has 7 nitrogen and oxygen atoms in total. The van der Waals surface area contributed by atoms with Crippen LogP contribution in [0.1, 0.15) is 16.7 Å². The Morgan fingerprint density at radius 1 is 1.09 bits per heavy atom. The van der Waals surface area contributed by atoms with Crippen LogP contribution in [0.3, 0.4) is 0 Å². The molecule has 0 unspecified atom stereocenters. The van der Waals surface area contributed by atoms with E-state index in [1.165, 1.54) is 24.3 Å². The van der Waals surface area contributed by atoms with Gasteiger partial charge in [-0.1, -0.05) is 24.3 Å². The first-order chi connectivity index (χ1) is 16.7. The number of alkyl halides is 3. The molecule has 0 radical (unpaired) electrons. The van der Waals surface area contributed by atoms with Crippen LogP contribution >= 0.6 is 12.1 Å². The number of carbonyl (C=O) groups excluding carboxylic acids is 1. The Balaban J connectivity index is 1.37. The second-order valence-electron chi connectivity index (χ2n) is 7.58. The average Bonchev–Trinajstić information content (AvgIpc) is 3.22. The summed E-state index contributed by atoms with van der Waals surface area (Å²) in [4.78, 5) is 12.1. The van der Waals surface area contributed by atoms with Crippen molar-refractivity contribution >= 4 is 41.0 Å². The van der Waals surface area contributed by atoms with Gasteiger partial charge in [0.25, 0.3) is 0 Å². The molecule has 0 saturated carbocycles. The predicted molar refractivity (Wildman–Crippen MR) is 131 cm³/mol. The summed E-state index contributed by atoms with van der Waals surface area (Å²) >= 11 is 0.894. The minimum absolute atomic E-state index is 0.301. The summed E-state index contributed by atoms with van der Waals surface area (Å²) in [7, 11) is 0. The van der Waals surface area contributed by atoms with Gasteiger partial charge in [-0.25, -0.2) is 13.9 Å². The highest BCUT2D eigenvalue weighted by molar-refractivity contribution is 7.96. The maximum absolute atomic E-state index is 12.3. The third-order valence-electron chi connectivity index (χ3n) is 4.98. The van der Waals surface area contributed by atoms with Crippen LogP contribution in [0.25, 0.3) is 16.6 Å². The van der Waals surface area contributed by atoms with Crippen molar-refractivity contribution in [1.82, 2.24) is 14.5 Å². The Hall–Kier alpha value is -3.99. The second-order valence-corrected chi connectivity index (χ2v) is 8.18. The summed E-state index contributed by atoms with van der Waals surface area (Å²) in [6, 6.07) is 16.3. The van der Waals surface area contributed by atoms with Gasteiger partial charge in [-0.05, 0) is 66.9 Å². The van der Waals surface area contributed by atoms with Gasteiger partial charge in [0.2, 0.25) is 0 Å². The third kappa shape index (κ3) is 6.33. The zero-order chi connectivity index (χ0) is 25.0. The lowest BCUT2D eigenvalue weighted by atomic mass is 10.1. The largest absolute Gasteiger partial charge is 0.573 e. The van der Waals surface area contributed by atoms with Crippen LogP contribution in [-0.2, 0) is 0 Å². The highest BCUT2D eigenvalue weighted by Crippen LogP contribution is 2.24. The molecule has 1 heterocycles. The quantitative estimate of drug-likeness (QED) is 0.240. The number of ether oxygens (including phenoxy) is 1. The SMILES string of the molecule is Cc1cccc(C)c1NC(=O)NSN=Cc1ccc2nn(-c3ccc(OC(F)(F)F)cc3)cc2c1. The minimum Gasteiger partial charge on any atom is -0.406 e. The number of benzene rings is 3. The summed E-state index contributed by atoms with van der Waals surface area (Å²) in [6.45, 7) is 3.84. The summed E-state index contributed by atoms with van der Waals surface area (Å²) in [5.74, 6) is -0.301. The van der Waals surface area contributed by atoms with E-state index in [1.54, 1.807) is 23.2 Å². The Morgan fingerprint density at radius 2 is 1.80 bits per heavy atom. The molecule has 0 saturated heterocycles. The summed E-state index contributed by atoms with van der Waals surface area (Å²) in [6.07, 6.45) is -1.38. The van der Waals surface area contributed by atoms with Crippen molar-refractivity contribution in [2.45, 2.75) is 20.2 Å². The Morgan fingerprint density at radius 3 is 2.49 bits per heavy atom. The maximum Gasteiger partial charge on any atom is 0.573 e. The van der Waals surface area contributed by atoms with Crippen LogP contribution in [0.15, 0.2) is 71.3 Å². The van der Waals surface area contributed by atoms with E-state index in [4.69, 9.17) is 0 Å². The lowest BCUT2D eigenvalue weighted by Gasteiger charge is -2.10. The van der Waals surface area contributed by atoms with Crippen molar-refractivity contribution in [2.75, 3.05) is 5.32 Å². The molecule has 4 aromatic rings. The van der Waals surface area contributed by atoms with Gasteiger partial charge in [-0.15, -0.1) is 13.2 Å². The fraction of sp³-hybridized carbons (Fsp3) is 0.125. The number of rotatable bonds is 6. The summed E-state index contributed by atoms with van der Waals surface area (Å²) < 4.78 is 49.2. The number of hydrogen-bond donors (Lipinski definition) is 2. The van der Waals surface area contributed by atoms with Gasteiger partial charge in [-0.3, -0.25) is 4.72 Å². The summed E-state index contributed by atoms with van der Waals surface area (Å²) in [5.41, 5.74) is 4.77. The number of anilines is 1. The van der Waals surface area contributed by atoms with Gasteiger partial charge < -0.3 is 10.1 Å². The number of nitrogens with zero attached hydrogens (tertiary/aromatic N) is 3. The molecule has 0 aliphatic heterocycles. The van der Waals surface area contributed by atoms with E-state index in [0.717, 1.165) is 39.9 Å². The fourth-order valence-corrected chi connectivity index (χ4v) is 3.72. The van der Waals surface area contributed by atoms with Crippen LogP contribution in [0, 0.1) is 13.8 Å². The van der Waals surface area contributed by atoms with E-state index >= 15 is 0 Å². The number of aryl methyl sites for hydroxylation is 2. The zero-order valence-electron chi connectivity index (χ0n) is 18.6. The number of urea groups is 1. The van der Waals surface area contributed by atoms with E-state index in [9.17, 15) is 18.0 Å². The molecule has 0 bridgehead atoms. The number of aromatic nitrogens is 2. The highest BCUT2D eigenvalue weighted by atomic mass is 32.2. The molecule has 2 N–H and O–H groups in total. The fourth-order valence-electron chi connectivity index (χ4n) is 3.36. The predicted octanol–water partition coefficient (Wildman–Crippen LogP) is 6.34. The van der Waals surface area contributed by atoms with Crippen molar-refractivity contribution in [3.05, 3.63) is 83.6 Å². The van der Waals surface area contributed by atoms with E-state index in [2.05, 4.69) is 24.3 Å².